The summed E-state index contributed by atoms with van der Waals surface area (Å²) in [5.41, 5.74) is 1.78. The van der Waals surface area contributed by atoms with Crippen molar-refractivity contribution in [3.8, 4) is 0 Å². The Labute approximate surface area is 123 Å². The van der Waals surface area contributed by atoms with Crippen LogP contribution in [0.3, 0.4) is 0 Å². The molecule has 0 amide bonds. The molecule has 1 aromatic carbocycles. The molecule has 2 N–H and O–H groups in total. The fourth-order valence-electron chi connectivity index (χ4n) is 1.82. The third-order valence-electron chi connectivity index (χ3n) is 2.90. The van der Waals surface area contributed by atoms with Gasteiger partial charge in [-0.15, -0.1) is 5.10 Å². The molecule has 7 nitrogen and oxygen atoms in total. The first-order chi connectivity index (χ1) is 9.99. The number of aliphatic hydroxyl groups is 1. The van der Waals surface area contributed by atoms with Crippen LogP contribution in [0.25, 0.3) is 0 Å². The van der Waals surface area contributed by atoms with Crippen molar-refractivity contribution in [3.05, 3.63) is 41.7 Å². The van der Waals surface area contributed by atoms with E-state index in [0.29, 0.717) is 24.5 Å². The minimum Gasteiger partial charge on any atom is -0.394 e. The van der Waals surface area contributed by atoms with Crippen LogP contribution in [0.1, 0.15) is 11.3 Å². The lowest BCUT2D eigenvalue weighted by Crippen LogP contribution is -2.13. The van der Waals surface area contributed by atoms with Gasteiger partial charge in [-0.1, -0.05) is 17.3 Å². The van der Waals surface area contributed by atoms with Crippen LogP contribution in [0.4, 0.5) is 0 Å². The summed E-state index contributed by atoms with van der Waals surface area (Å²) in [6, 6.07) is 6.77. The number of nitrogens with zero attached hydrogens (tertiary/aromatic N) is 3. The molecule has 0 unspecified atom stereocenters. The van der Waals surface area contributed by atoms with E-state index >= 15 is 0 Å². The topological polar surface area (TPSA) is 97.1 Å². The molecule has 2 rings (SSSR count). The predicted octanol–water partition coefficient (Wildman–Crippen LogP) is -0.0363. The van der Waals surface area contributed by atoms with Crippen LogP contribution >= 0.6 is 0 Å². The summed E-state index contributed by atoms with van der Waals surface area (Å²) in [6.45, 7) is 1.62. The van der Waals surface area contributed by atoms with E-state index in [1.165, 1.54) is 6.26 Å². The molecule has 114 valence electrons. The van der Waals surface area contributed by atoms with E-state index in [1.54, 1.807) is 35.1 Å². The van der Waals surface area contributed by atoms with Gasteiger partial charge in [0.15, 0.2) is 9.84 Å². The van der Waals surface area contributed by atoms with Crippen molar-refractivity contribution >= 4 is 9.84 Å². The van der Waals surface area contributed by atoms with E-state index in [2.05, 4.69) is 15.6 Å². The second kappa shape index (κ2) is 6.79. The van der Waals surface area contributed by atoms with E-state index in [9.17, 15) is 8.42 Å². The first kappa shape index (κ1) is 15.6. The minimum absolute atomic E-state index is 0.0307. The molecular formula is C13H18N4O3S. The first-order valence-corrected chi connectivity index (χ1v) is 8.38. The number of benzene rings is 1. The van der Waals surface area contributed by atoms with Crippen LogP contribution in [0.15, 0.2) is 35.4 Å². The van der Waals surface area contributed by atoms with Gasteiger partial charge in [-0.05, 0) is 17.7 Å². The Hall–Kier alpha value is -1.77. The number of hydrogen-bond donors (Lipinski definition) is 2. The SMILES string of the molecule is CS(=O)(=O)c1ccc(CNCc2cn(CCO)nn2)cc1. The Bertz CT molecular complexity index is 680. The van der Waals surface area contributed by atoms with Gasteiger partial charge in [0, 0.05) is 25.5 Å². The standard InChI is InChI=1S/C13H18N4O3S/c1-21(19,20)13-4-2-11(3-5-13)8-14-9-12-10-17(6-7-18)16-15-12/h2-5,10,14,18H,6-9H2,1H3. The molecule has 2 aromatic rings. The van der Waals surface area contributed by atoms with Gasteiger partial charge in [-0.3, -0.25) is 0 Å². The number of aromatic nitrogens is 3. The molecular weight excluding hydrogens is 292 g/mol. The Morgan fingerprint density at radius 2 is 1.95 bits per heavy atom. The zero-order valence-electron chi connectivity index (χ0n) is 11.7. The second-order valence-electron chi connectivity index (χ2n) is 4.72. The first-order valence-electron chi connectivity index (χ1n) is 6.48. The molecule has 0 spiro atoms. The van der Waals surface area contributed by atoms with Crippen molar-refractivity contribution in [1.29, 1.82) is 0 Å². The number of nitrogens with one attached hydrogen (secondary N) is 1. The second-order valence-corrected chi connectivity index (χ2v) is 6.73. The van der Waals surface area contributed by atoms with Crippen LogP contribution < -0.4 is 5.32 Å². The highest BCUT2D eigenvalue weighted by atomic mass is 32.2. The van der Waals surface area contributed by atoms with Crippen LogP contribution in [0.2, 0.25) is 0 Å². The zero-order chi connectivity index (χ0) is 15.3. The molecule has 1 aromatic heterocycles. The minimum atomic E-state index is -3.15. The maximum absolute atomic E-state index is 11.3. The van der Waals surface area contributed by atoms with Gasteiger partial charge < -0.3 is 10.4 Å². The monoisotopic (exact) mass is 310 g/mol. The summed E-state index contributed by atoms with van der Waals surface area (Å²) in [7, 11) is -3.15. The van der Waals surface area contributed by atoms with Crippen molar-refractivity contribution < 1.29 is 13.5 Å². The van der Waals surface area contributed by atoms with Gasteiger partial charge in [0.05, 0.1) is 23.7 Å². The van der Waals surface area contributed by atoms with Crippen molar-refractivity contribution in [2.75, 3.05) is 12.9 Å². The Balaban J connectivity index is 1.85. The number of sulfone groups is 1. The largest absolute Gasteiger partial charge is 0.394 e. The van der Waals surface area contributed by atoms with Crippen molar-refractivity contribution in [3.63, 3.8) is 0 Å². The van der Waals surface area contributed by atoms with Crippen molar-refractivity contribution in [2.24, 2.45) is 0 Å². The fourth-order valence-corrected chi connectivity index (χ4v) is 2.45. The number of rotatable bonds is 7. The summed E-state index contributed by atoms with van der Waals surface area (Å²) in [5, 5.41) is 19.8. The molecule has 0 radical (unpaired) electrons. The van der Waals surface area contributed by atoms with Crippen LogP contribution in [0, 0.1) is 0 Å². The lowest BCUT2D eigenvalue weighted by atomic mass is 10.2. The molecule has 0 fully saturated rings. The van der Waals surface area contributed by atoms with Crippen LogP contribution in [-0.4, -0.2) is 41.4 Å². The number of hydrogen-bond acceptors (Lipinski definition) is 6. The van der Waals surface area contributed by atoms with E-state index in [-0.39, 0.29) is 6.61 Å². The van der Waals surface area contributed by atoms with Crippen molar-refractivity contribution in [2.45, 2.75) is 24.5 Å². The van der Waals surface area contributed by atoms with Gasteiger partial charge in [0.2, 0.25) is 0 Å². The fraction of sp³-hybridized carbons (Fsp3) is 0.385. The van der Waals surface area contributed by atoms with Crippen LogP contribution in [-0.2, 0) is 29.5 Å². The molecule has 0 bridgehead atoms. The van der Waals surface area contributed by atoms with Gasteiger partial charge in [0.25, 0.3) is 0 Å². The molecule has 1 heterocycles. The Kier molecular flexibility index (Phi) is 5.05. The highest BCUT2D eigenvalue weighted by Crippen LogP contribution is 2.10. The third kappa shape index (κ3) is 4.62. The molecule has 0 saturated heterocycles. The van der Waals surface area contributed by atoms with Crippen LogP contribution in [0.5, 0.6) is 0 Å². The van der Waals surface area contributed by atoms with Gasteiger partial charge in [-0.2, -0.15) is 0 Å². The van der Waals surface area contributed by atoms with E-state index in [0.717, 1.165) is 11.3 Å². The van der Waals surface area contributed by atoms with E-state index < -0.39 is 9.84 Å². The van der Waals surface area contributed by atoms with Gasteiger partial charge >= 0.3 is 0 Å². The maximum atomic E-state index is 11.3. The lowest BCUT2D eigenvalue weighted by Gasteiger charge is -2.04. The molecule has 0 aliphatic heterocycles. The highest BCUT2D eigenvalue weighted by molar-refractivity contribution is 7.90. The zero-order valence-corrected chi connectivity index (χ0v) is 12.5. The van der Waals surface area contributed by atoms with E-state index in [1.807, 2.05) is 0 Å². The highest BCUT2D eigenvalue weighted by Gasteiger charge is 2.06. The maximum Gasteiger partial charge on any atom is 0.175 e. The Morgan fingerprint density at radius 3 is 2.57 bits per heavy atom. The smallest absolute Gasteiger partial charge is 0.175 e. The average molecular weight is 310 g/mol. The van der Waals surface area contributed by atoms with Crippen molar-refractivity contribution in [1.82, 2.24) is 20.3 Å². The lowest BCUT2D eigenvalue weighted by molar-refractivity contribution is 0.268. The van der Waals surface area contributed by atoms with Gasteiger partial charge in [-0.25, -0.2) is 13.1 Å². The molecule has 0 atom stereocenters. The normalized spacial score (nSPS) is 11.7. The summed E-state index contributed by atoms with van der Waals surface area (Å²) in [6.07, 6.45) is 2.96. The summed E-state index contributed by atoms with van der Waals surface area (Å²) < 4.78 is 24.3. The van der Waals surface area contributed by atoms with E-state index in [4.69, 9.17) is 5.11 Å². The predicted molar refractivity (Wildman–Crippen MR) is 77.2 cm³/mol. The number of aliphatic hydroxyl groups excluding tert-OH is 1. The molecule has 0 aliphatic rings. The molecule has 0 saturated carbocycles. The molecule has 0 aliphatic carbocycles. The Morgan fingerprint density at radius 1 is 1.24 bits per heavy atom. The summed E-state index contributed by atoms with van der Waals surface area (Å²) in [4.78, 5) is 0.318. The van der Waals surface area contributed by atoms with Gasteiger partial charge in [0.1, 0.15) is 0 Å². The quantitative estimate of drug-likeness (QED) is 0.745. The summed E-state index contributed by atoms with van der Waals surface area (Å²) in [5.74, 6) is 0. The third-order valence-corrected chi connectivity index (χ3v) is 4.03. The summed E-state index contributed by atoms with van der Waals surface area (Å²) >= 11 is 0. The molecule has 8 heteroatoms. The molecule has 21 heavy (non-hydrogen) atoms. The average Bonchev–Trinajstić information content (AvgIpc) is 2.86.